The summed E-state index contributed by atoms with van der Waals surface area (Å²) in [4.78, 5) is 12.8. The zero-order valence-corrected chi connectivity index (χ0v) is 14.0. The molecule has 1 fully saturated rings. The molecule has 3 N–H and O–H groups in total. The van der Waals surface area contributed by atoms with Gasteiger partial charge in [0.25, 0.3) is 0 Å². The van der Waals surface area contributed by atoms with Crippen LogP contribution in [0.5, 0.6) is 0 Å². The van der Waals surface area contributed by atoms with Crippen LogP contribution in [0.3, 0.4) is 0 Å². The number of nitrogens with two attached hydrogens (primary N) is 1. The van der Waals surface area contributed by atoms with E-state index in [2.05, 4.69) is 14.9 Å². The maximum absolute atomic E-state index is 13.2. The molecule has 2 heterocycles. The molecule has 0 spiro atoms. The number of nitrogens with zero attached hydrogens (tertiary/aromatic N) is 4. The van der Waals surface area contributed by atoms with Gasteiger partial charge in [0, 0.05) is 37.8 Å². The summed E-state index contributed by atoms with van der Waals surface area (Å²) in [5.41, 5.74) is 6.53. The number of guanidine groups is 1. The van der Waals surface area contributed by atoms with Crippen molar-refractivity contribution in [2.24, 2.45) is 10.7 Å². The Morgan fingerprint density at radius 1 is 1.38 bits per heavy atom. The topological polar surface area (TPSA) is 78.0 Å². The molecule has 1 aromatic carbocycles. The molecule has 1 saturated heterocycles. The van der Waals surface area contributed by atoms with E-state index in [1.807, 2.05) is 10.3 Å². The fraction of sp³-hybridized carbons (Fsp3) is 0.375. The fourth-order valence-electron chi connectivity index (χ4n) is 2.60. The van der Waals surface area contributed by atoms with Crippen LogP contribution in [0.4, 0.5) is 9.52 Å². The number of aliphatic hydroxyl groups excluding tert-OH is 1. The molecule has 1 aromatic heterocycles. The molecule has 1 unspecified atom stereocenters. The van der Waals surface area contributed by atoms with Crippen LogP contribution in [0.25, 0.3) is 0 Å². The van der Waals surface area contributed by atoms with Gasteiger partial charge in [0.05, 0.1) is 12.6 Å². The summed E-state index contributed by atoms with van der Waals surface area (Å²) in [6.07, 6.45) is 0.937. The lowest BCUT2D eigenvalue weighted by Gasteiger charge is -2.35. The number of aliphatic hydroxyl groups is 1. The summed E-state index contributed by atoms with van der Waals surface area (Å²) < 4.78 is 13.2. The lowest BCUT2D eigenvalue weighted by Crippen LogP contribution is -2.51. The van der Waals surface area contributed by atoms with Crippen molar-refractivity contribution in [2.45, 2.75) is 6.10 Å². The molecule has 0 bridgehead atoms. The molecule has 1 aliphatic heterocycles. The van der Waals surface area contributed by atoms with Crippen molar-refractivity contribution in [1.29, 1.82) is 0 Å². The molecule has 6 nitrogen and oxygen atoms in total. The van der Waals surface area contributed by atoms with Crippen molar-refractivity contribution in [3.05, 3.63) is 47.2 Å². The van der Waals surface area contributed by atoms with Crippen molar-refractivity contribution in [3.63, 3.8) is 0 Å². The standard InChI is InChI=1S/C16H20FN5OS/c17-13-3-1-2-12(10-13)14(23)11-20-15(18)21-5-7-22(8-6-21)16-19-4-9-24-16/h1-4,9-10,14,23H,5-8,11H2,(H2,18,20). The first-order valence-electron chi connectivity index (χ1n) is 7.76. The molecule has 0 saturated carbocycles. The molecule has 0 aliphatic carbocycles. The van der Waals surface area contributed by atoms with Gasteiger partial charge < -0.3 is 20.6 Å². The van der Waals surface area contributed by atoms with E-state index >= 15 is 0 Å². The van der Waals surface area contributed by atoms with Crippen molar-refractivity contribution in [2.75, 3.05) is 37.6 Å². The molecular weight excluding hydrogens is 329 g/mol. The lowest BCUT2D eigenvalue weighted by atomic mass is 10.1. The number of thiazole rings is 1. The molecule has 8 heteroatoms. The van der Waals surface area contributed by atoms with Crippen molar-refractivity contribution >= 4 is 22.4 Å². The van der Waals surface area contributed by atoms with Gasteiger partial charge in [0.1, 0.15) is 5.82 Å². The van der Waals surface area contributed by atoms with Crippen LogP contribution in [-0.4, -0.2) is 53.7 Å². The number of rotatable bonds is 4. The number of anilines is 1. The summed E-state index contributed by atoms with van der Waals surface area (Å²) in [5, 5.41) is 13.1. The Morgan fingerprint density at radius 3 is 2.83 bits per heavy atom. The Kier molecular flexibility index (Phi) is 5.27. The van der Waals surface area contributed by atoms with E-state index in [0.29, 0.717) is 11.5 Å². The smallest absolute Gasteiger partial charge is 0.191 e. The SMILES string of the molecule is NC(=NCC(O)c1cccc(F)c1)N1CCN(c2nccs2)CC1. The van der Waals surface area contributed by atoms with Crippen LogP contribution >= 0.6 is 11.3 Å². The Hall–Kier alpha value is -2.19. The first kappa shape index (κ1) is 16.7. The number of aromatic nitrogens is 1. The van der Waals surface area contributed by atoms with E-state index in [-0.39, 0.29) is 12.4 Å². The Balaban J connectivity index is 1.53. The average Bonchev–Trinajstić information content (AvgIpc) is 3.14. The van der Waals surface area contributed by atoms with Gasteiger partial charge in [-0.2, -0.15) is 0 Å². The highest BCUT2D eigenvalue weighted by atomic mass is 32.1. The molecule has 1 aliphatic rings. The molecule has 2 aromatic rings. The van der Waals surface area contributed by atoms with Crippen LogP contribution in [0.2, 0.25) is 0 Å². The third-order valence-corrected chi connectivity index (χ3v) is 4.79. The highest BCUT2D eigenvalue weighted by Gasteiger charge is 2.20. The normalized spacial score (nSPS) is 17.2. The number of hydrogen-bond acceptors (Lipinski definition) is 5. The van der Waals surface area contributed by atoms with E-state index in [1.54, 1.807) is 29.7 Å². The second-order valence-electron chi connectivity index (χ2n) is 5.56. The molecule has 0 amide bonds. The minimum absolute atomic E-state index is 0.113. The summed E-state index contributed by atoms with van der Waals surface area (Å²) in [5.74, 6) is 0.0334. The van der Waals surface area contributed by atoms with Gasteiger partial charge >= 0.3 is 0 Å². The van der Waals surface area contributed by atoms with Gasteiger partial charge in [-0.25, -0.2) is 9.37 Å². The van der Waals surface area contributed by atoms with Crippen LogP contribution in [0.15, 0.2) is 40.8 Å². The number of hydrogen-bond donors (Lipinski definition) is 2. The number of aliphatic imine (C=N–C) groups is 1. The minimum Gasteiger partial charge on any atom is -0.386 e. The minimum atomic E-state index is -0.865. The second kappa shape index (κ2) is 7.59. The van der Waals surface area contributed by atoms with E-state index in [0.717, 1.165) is 31.3 Å². The summed E-state index contributed by atoms with van der Waals surface area (Å²) in [6.45, 7) is 3.28. The highest BCUT2D eigenvalue weighted by Crippen LogP contribution is 2.19. The van der Waals surface area contributed by atoms with Crippen molar-refractivity contribution in [3.8, 4) is 0 Å². The first-order valence-corrected chi connectivity index (χ1v) is 8.64. The molecule has 3 rings (SSSR count). The van der Waals surface area contributed by atoms with Gasteiger partial charge in [-0.1, -0.05) is 12.1 Å². The van der Waals surface area contributed by atoms with E-state index in [9.17, 15) is 9.50 Å². The van der Waals surface area contributed by atoms with E-state index < -0.39 is 6.10 Å². The molecule has 24 heavy (non-hydrogen) atoms. The van der Waals surface area contributed by atoms with Gasteiger partial charge in [-0.15, -0.1) is 11.3 Å². The lowest BCUT2D eigenvalue weighted by molar-refractivity contribution is 0.186. The Labute approximate surface area is 144 Å². The number of benzene rings is 1. The Morgan fingerprint density at radius 2 is 2.17 bits per heavy atom. The number of halogens is 1. The third-order valence-electron chi connectivity index (χ3n) is 3.95. The van der Waals surface area contributed by atoms with Crippen LogP contribution in [0, 0.1) is 5.82 Å². The predicted octanol–water partition coefficient (Wildman–Crippen LogP) is 1.45. The maximum Gasteiger partial charge on any atom is 0.191 e. The zero-order valence-electron chi connectivity index (χ0n) is 13.2. The van der Waals surface area contributed by atoms with Crippen molar-refractivity contribution < 1.29 is 9.50 Å². The maximum atomic E-state index is 13.2. The van der Waals surface area contributed by atoms with Crippen LogP contribution in [-0.2, 0) is 0 Å². The molecular formula is C16H20FN5OS. The fourth-order valence-corrected chi connectivity index (χ4v) is 3.29. The van der Waals surface area contributed by atoms with Crippen LogP contribution in [0.1, 0.15) is 11.7 Å². The first-order chi connectivity index (χ1) is 11.6. The zero-order chi connectivity index (χ0) is 16.9. The van der Waals surface area contributed by atoms with E-state index in [4.69, 9.17) is 5.73 Å². The molecule has 128 valence electrons. The monoisotopic (exact) mass is 349 g/mol. The van der Waals surface area contributed by atoms with Crippen LogP contribution < -0.4 is 10.6 Å². The van der Waals surface area contributed by atoms with Gasteiger partial charge in [0.15, 0.2) is 11.1 Å². The second-order valence-corrected chi connectivity index (χ2v) is 6.43. The molecule has 1 atom stereocenters. The van der Waals surface area contributed by atoms with Crippen molar-refractivity contribution in [1.82, 2.24) is 9.88 Å². The number of piperazine rings is 1. The highest BCUT2D eigenvalue weighted by molar-refractivity contribution is 7.13. The predicted molar refractivity (Wildman–Crippen MR) is 93.7 cm³/mol. The summed E-state index contributed by atoms with van der Waals surface area (Å²) >= 11 is 1.62. The summed E-state index contributed by atoms with van der Waals surface area (Å²) in [6, 6.07) is 5.89. The average molecular weight is 349 g/mol. The molecule has 0 radical (unpaired) electrons. The van der Waals surface area contributed by atoms with Gasteiger partial charge in [-0.05, 0) is 17.7 Å². The largest absolute Gasteiger partial charge is 0.386 e. The van der Waals surface area contributed by atoms with Gasteiger partial charge in [-0.3, -0.25) is 4.99 Å². The summed E-state index contributed by atoms with van der Waals surface area (Å²) in [7, 11) is 0. The third kappa shape index (κ3) is 4.01. The van der Waals surface area contributed by atoms with E-state index in [1.165, 1.54) is 12.1 Å². The Bertz CT molecular complexity index is 686. The quantitative estimate of drug-likeness (QED) is 0.645. The van der Waals surface area contributed by atoms with Gasteiger partial charge in [0.2, 0.25) is 0 Å².